The van der Waals surface area contributed by atoms with E-state index < -0.39 is 14.8 Å². The van der Waals surface area contributed by atoms with Crippen LogP contribution in [0, 0.1) is 17.0 Å². The van der Waals surface area contributed by atoms with Gasteiger partial charge in [-0.3, -0.25) is 15.0 Å². The third-order valence-corrected chi connectivity index (χ3v) is 5.21. The molecule has 0 radical (unpaired) electrons. The predicted octanol–water partition coefficient (Wildman–Crippen LogP) is -1.99. The maximum absolute atomic E-state index is 12.3. The average Bonchev–Trinajstić information content (AvgIpc) is 2.46. The van der Waals surface area contributed by atoms with Crippen molar-refractivity contribution in [3.8, 4) is 0 Å². The average molecular weight is 350 g/mol. The number of hydrogen-bond acceptors (Lipinski definition) is 6. The Morgan fingerprint density at radius 1 is 1.32 bits per heavy atom. The van der Waals surface area contributed by atoms with Crippen LogP contribution in [-0.4, -0.2) is 56.8 Å². The first kappa shape index (κ1) is 18.8. The molecule has 1 aliphatic heterocycles. The molecule has 0 unspecified atom stereocenters. The van der Waals surface area contributed by atoms with Crippen LogP contribution in [0.1, 0.15) is 5.56 Å². The number of nitrogens with zero attached hydrogens (tertiary/aromatic N) is 2. The number of halogens is 1. The molecule has 0 aromatic heterocycles. The Morgan fingerprint density at radius 3 is 2.55 bits per heavy atom. The van der Waals surface area contributed by atoms with Crippen molar-refractivity contribution in [1.29, 1.82) is 0 Å². The number of hydrogen-bond donors (Lipinski definition) is 0. The molecule has 124 valence electrons. The first-order chi connectivity index (χ1) is 9.90. The van der Waals surface area contributed by atoms with Crippen molar-refractivity contribution in [3.05, 3.63) is 33.9 Å². The summed E-state index contributed by atoms with van der Waals surface area (Å²) < 4.78 is 29.8. The second-order valence-corrected chi connectivity index (χ2v) is 7.09. The zero-order valence-electron chi connectivity index (χ0n) is 12.2. The van der Waals surface area contributed by atoms with Gasteiger partial charge in [0, 0.05) is 31.3 Å². The molecule has 0 saturated carbocycles. The van der Waals surface area contributed by atoms with Crippen molar-refractivity contribution >= 4 is 15.5 Å². The molecule has 7 nitrogen and oxygen atoms in total. The highest BCUT2D eigenvalue weighted by molar-refractivity contribution is 7.91. The summed E-state index contributed by atoms with van der Waals surface area (Å²) in [6, 6.07) is 4.04. The third-order valence-electron chi connectivity index (χ3n) is 3.52. The molecule has 1 fully saturated rings. The summed E-state index contributed by atoms with van der Waals surface area (Å²) in [4.78, 5) is 12.4. The van der Waals surface area contributed by atoms with Crippen LogP contribution in [0.3, 0.4) is 0 Å². The molecule has 1 aliphatic rings. The van der Waals surface area contributed by atoms with E-state index in [2.05, 4.69) is 0 Å². The van der Waals surface area contributed by atoms with Gasteiger partial charge in [0.25, 0.3) is 5.69 Å². The molecule has 1 aromatic carbocycles. The fourth-order valence-corrected chi connectivity index (χ4v) is 3.47. The van der Waals surface area contributed by atoms with Crippen LogP contribution >= 0.6 is 0 Å². The first-order valence-electron chi connectivity index (χ1n) is 6.68. The van der Waals surface area contributed by atoms with Crippen LogP contribution in [0.2, 0.25) is 0 Å². The van der Waals surface area contributed by atoms with E-state index in [1.165, 1.54) is 12.1 Å². The van der Waals surface area contributed by atoms with Gasteiger partial charge in [-0.2, -0.15) is 0 Å². The number of sulfone groups is 1. The van der Waals surface area contributed by atoms with E-state index in [9.17, 15) is 18.5 Å². The second-order valence-electron chi connectivity index (χ2n) is 4.98. The Balaban J connectivity index is 0.00000242. The highest BCUT2D eigenvalue weighted by Gasteiger charge is 2.21. The number of rotatable bonds is 5. The fraction of sp³-hybridized carbons (Fsp3) is 0.538. The van der Waals surface area contributed by atoms with Gasteiger partial charge < -0.3 is 17.1 Å². The van der Waals surface area contributed by atoms with Crippen LogP contribution in [0.15, 0.2) is 23.1 Å². The molecule has 0 atom stereocenters. The number of aryl methyl sites for hydroxylation is 1. The van der Waals surface area contributed by atoms with Crippen LogP contribution < -0.4 is 12.4 Å². The van der Waals surface area contributed by atoms with Gasteiger partial charge in [-0.15, -0.1) is 0 Å². The van der Waals surface area contributed by atoms with E-state index in [4.69, 9.17) is 4.74 Å². The van der Waals surface area contributed by atoms with Gasteiger partial charge in [0.2, 0.25) is 0 Å². The molecule has 0 spiro atoms. The summed E-state index contributed by atoms with van der Waals surface area (Å²) in [5.41, 5.74) is 0.287. The van der Waals surface area contributed by atoms with E-state index in [1.807, 2.05) is 4.90 Å². The van der Waals surface area contributed by atoms with Gasteiger partial charge in [0.1, 0.15) is 0 Å². The largest absolute Gasteiger partial charge is 1.00 e. The Morgan fingerprint density at radius 2 is 1.95 bits per heavy atom. The fourth-order valence-electron chi connectivity index (χ4n) is 2.17. The molecular formula is C13H18ClN2O5S-. The highest BCUT2D eigenvalue weighted by Crippen LogP contribution is 2.23. The van der Waals surface area contributed by atoms with Crippen LogP contribution in [0.5, 0.6) is 0 Å². The van der Waals surface area contributed by atoms with Crippen molar-refractivity contribution in [2.24, 2.45) is 0 Å². The Kier molecular flexibility index (Phi) is 6.73. The van der Waals surface area contributed by atoms with E-state index in [0.29, 0.717) is 38.4 Å². The number of nitro groups is 1. The van der Waals surface area contributed by atoms with Gasteiger partial charge in [0.05, 0.1) is 28.8 Å². The summed E-state index contributed by atoms with van der Waals surface area (Å²) in [6.07, 6.45) is 0. The summed E-state index contributed by atoms with van der Waals surface area (Å²) >= 11 is 0. The molecule has 1 heterocycles. The molecule has 9 heteroatoms. The number of benzene rings is 1. The number of nitro benzene ring substituents is 1. The highest BCUT2D eigenvalue weighted by atomic mass is 35.5. The quantitative estimate of drug-likeness (QED) is 0.452. The summed E-state index contributed by atoms with van der Waals surface area (Å²) in [7, 11) is -3.52. The van der Waals surface area contributed by atoms with E-state index in [-0.39, 0.29) is 28.7 Å². The summed E-state index contributed by atoms with van der Waals surface area (Å²) in [6.45, 7) is 4.63. The Labute approximate surface area is 135 Å². The van der Waals surface area contributed by atoms with E-state index in [1.54, 1.807) is 6.92 Å². The second kappa shape index (κ2) is 7.87. The number of ether oxygens (including phenoxy) is 1. The van der Waals surface area contributed by atoms with Gasteiger partial charge in [-0.05, 0) is 13.0 Å². The molecule has 0 bridgehead atoms. The van der Waals surface area contributed by atoms with E-state index >= 15 is 0 Å². The van der Waals surface area contributed by atoms with Crippen LogP contribution in [0.4, 0.5) is 5.69 Å². The van der Waals surface area contributed by atoms with Gasteiger partial charge in [-0.1, -0.05) is 6.07 Å². The maximum Gasteiger partial charge on any atom is 0.273 e. The minimum atomic E-state index is -3.52. The first-order valence-corrected chi connectivity index (χ1v) is 8.33. The Hall–Kier alpha value is -1.22. The topological polar surface area (TPSA) is 89.8 Å². The minimum absolute atomic E-state index is 0. The molecular weight excluding hydrogens is 332 g/mol. The molecule has 0 aliphatic carbocycles. The van der Waals surface area contributed by atoms with Gasteiger partial charge in [-0.25, -0.2) is 8.42 Å². The maximum atomic E-state index is 12.3. The molecule has 1 aromatic rings. The molecule has 0 amide bonds. The van der Waals surface area contributed by atoms with Crippen LogP contribution in [0.25, 0.3) is 0 Å². The summed E-state index contributed by atoms with van der Waals surface area (Å²) in [5.74, 6) is -0.0484. The van der Waals surface area contributed by atoms with Crippen molar-refractivity contribution in [1.82, 2.24) is 4.90 Å². The monoisotopic (exact) mass is 349 g/mol. The van der Waals surface area contributed by atoms with Crippen molar-refractivity contribution < 1.29 is 30.5 Å². The summed E-state index contributed by atoms with van der Waals surface area (Å²) in [5, 5.41) is 10.9. The third kappa shape index (κ3) is 4.64. The minimum Gasteiger partial charge on any atom is -1.00 e. The van der Waals surface area contributed by atoms with Crippen LogP contribution in [-0.2, 0) is 14.6 Å². The van der Waals surface area contributed by atoms with Gasteiger partial charge in [0.15, 0.2) is 9.84 Å². The lowest BCUT2D eigenvalue weighted by molar-refractivity contribution is -0.385. The van der Waals surface area contributed by atoms with Crippen molar-refractivity contribution in [2.45, 2.75) is 11.8 Å². The zero-order chi connectivity index (χ0) is 15.5. The Bertz CT molecular complexity index is 629. The predicted molar refractivity (Wildman–Crippen MR) is 77.1 cm³/mol. The lowest BCUT2D eigenvalue weighted by Crippen LogP contribution is -3.00. The molecule has 2 rings (SSSR count). The lowest BCUT2D eigenvalue weighted by Gasteiger charge is -2.26. The molecule has 0 N–H and O–H groups in total. The molecule has 1 saturated heterocycles. The normalized spacial score (nSPS) is 16.0. The SMILES string of the molecule is Cc1ccc(S(=O)(=O)CCN2CCOCC2)cc1[N+](=O)[O-].[Cl-]. The van der Waals surface area contributed by atoms with Gasteiger partial charge >= 0.3 is 0 Å². The standard InChI is InChI=1S/C13H18N2O5S.ClH/c1-11-2-3-12(10-13(11)15(16)17)21(18,19)9-6-14-4-7-20-8-5-14;/h2-3,10H,4-9H2,1H3;1H/p-1. The zero-order valence-corrected chi connectivity index (χ0v) is 13.8. The van der Waals surface area contributed by atoms with Crippen molar-refractivity contribution in [3.63, 3.8) is 0 Å². The smallest absolute Gasteiger partial charge is 0.273 e. The lowest BCUT2D eigenvalue weighted by atomic mass is 10.2. The van der Waals surface area contributed by atoms with Crippen molar-refractivity contribution in [2.75, 3.05) is 38.6 Å². The molecule has 22 heavy (non-hydrogen) atoms. The van der Waals surface area contributed by atoms with E-state index in [0.717, 1.165) is 6.07 Å². The number of morpholine rings is 1.